The molecule has 7 heteroatoms. The molecule has 0 aliphatic carbocycles. The van der Waals surface area contributed by atoms with E-state index in [0.29, 0.717) is 12.4 Å². The monoisotopic (exact) mass is 286 g/mol. The Labute approximate surface area is 122 Å². The van der Waals surface area contributed by atoms with Gasteiger partial charge in [0.15, 0.2) is 5.88 Å². The number of hydrogen-bond donors (Lipinski definition) is 3. The molecule has 110 valence electrons. The third-order valence-electron chi connectivity index (χ3n) is 2.80. The van der Waals surface area contributed by atoms with Crippen LogP contribution in [0.5, 0.6) is 0 Å². The maximum atomic E-state index is 6.04. The molecule has 0 unspecified atom stereocenters. The molecule has 0 atom stereocenters. The summed E-state index contributed by atoms with van der Waals surface area (Å²) in [4.78, 5) is 4.30. The topological polar surface area (TPSA) is 118 Å². The van der Waals surface area contributed by atoms with Gasteiger partial charge in [0, 0.05) is 18.8 Å². The summed E-state index contributed by atoms with van der Waals surface area (Å²) in [5.74, 6) is 0.638. The fraction of sp³-hybridized carbons (Fsp3) is 0.143. The summed E-state index contributed by atoms with van der Waals surface area (Å²) in [5, 5.41) is 4.36. The fourth-order valence-corrected chi connectivity index (χ4v) is 1.73. The van der Waals surface area contributed by atoms with Gasteiger partial charge in [-0.1, -0.05) is 6.07 Å². The lowest BCUT2D eigenvalue weighted by atomic mass is 10.2. The average molecular weight is 286 g/mol. The first-order valence-corrected chi connectivity index (χ1v) is 6.33. The van der Waals surface area contributed by atoms with Crippen LogP contribution in [0.25, 0.3) is 17.2 Å². The van der Waals surface area contributed by atoms with Crippen molar-refractivity contribution in [1.29, 1.82) is 0 Å². The zero-order valence-electron chi connectivity index (χ0n) is 11.7. The summed E-state index contributed by atoms with van der Waals surface area (Å²) in [6.07, 6.45) is 4.87. The van der Waals surface area contributed by atoms with E-state index in [2.05, 4.69) is 10.1 Å². The van der Waals surface area contributed by atoms with Crippen molar-refractivity contribution in [3.05, 3.63) is 54.2 Å². The lowest BCUT2D eigenvalue weighted by molar-refractivity contribution is 0.287. The molecule has 21 heavy (non-hydrogen) atoms. The summed E-state index contributed by atoms with van der Waals surface area (Å²) in [6.45, 7) is 0.316. The molecule has 2 rings (SSSR count). The third-order valence-corrected chi connectivity index (χ3v) is 2.80. The Balaban J connectivity index is 2.46. The van der Waals surface area contributed by atoms with E-state index in [9.17, 15) is 0 Å². The molecular weight excluding hydrogens is 268 g/mol. The van der Waals surface area contributed by atoms with Crippen molar-refractivity contribution >= 4 is 5.82 Å². The maximum absolute atomic E-state index is 6.04. The minimum Gasteiger partial charge on any atom is -0.483 e. The van der Waals surface area contributed by atoms with Crippen LogP contribution in [0.4, 0.5) is 0 Å². The van der Waals surface area contributed by atoms with Gasteiger partial charge in [-0.3, -0.25) is 4.98 Å². The zero-order chi connectivity index (χ0) is 15.2. The SMILES string of the molecule is CO/C(N)=C/C=C(\N)n1nc(CN)cc1-c1ccccn1. The van der Waals surface area contributed by atoms with Crippen molar-refractivity contribution in [2.24, 2.45) is 17.2 Å². The second-order valence-electron chi connectivity index (χ2n) is 4.22. The summed E-state index contributed by atoms with van der Waals surface area (Å²) < 4.78 is 6.43. The number of methoxy groups -OCH3 is 1. The zero-order valence-corrected chi connectivity index (χ0v) is 11.7. The highest BCUT2D eigenvalue weighted by Gasteiger charge is 2.11. The molecule has 0 spiro atoms. The summed E-state index contributed by atoms with van der Waals surface area (Å²) in [7, 11) is 1.48. The van der Waals surface area contributed by atoms with Gasteiger partial charge in [0.05, 0.1) is 24.2 Å². The number of rotatable bonds is 5. The highest BCUT2D eigenvalue weighted by molar-refractivity contribution is 5.61. The number of aromatic nitrogens is 3. The standard InChI is InChI=1S/C14H18N6O/c1-21-14(17)6-5-13(16)20-12(8-10(9-15)19-20)11-4-2-3-7-18-11/h2-8H,9,15-17H2,1H3/b13-5+,14-6+. The van der Waals surface area contributed by atoms with E-state index < -0.39 is 0 Å². The first-order valence-electron chi connectivity index (χ1n) is 6.33. The maximum Gasteiger partial charge on any atom is 0.183 e. The van der Waals surface area contributed by atoms with Gasteiger partial charge in [-0.25, -0.2) is 4.68 Å². The van der Waals surface area contributed by atoms with Gasteiger partial charge >= 0.3 is 0 Å². The van der Waals surface area contributed by atoms with Crippen LogP contribution in [0, 0.1) is 0 Å². The fourth-order valence-electron chi connectivity index (χ4n) is 1.73. The van der Waals surface area contributed by atoms with Crippen LogP contribution in [-0.4, -0.2) is 21.9 Å². The lowest BCUT2D eigenvalue weighted by Gasteiger charge is -2.06. The van der Waals surface area contributed by atoms with E-state index in [0.717, 1.165) is 17.1 Å². The highest BCUT2D eigenvalue weighted by atomic mass is 16.5. The molecule has 2 aromatic rings. The normalized spacial score (nSPS) is 12.5. The molecule has 7 nitrogen and oxygen atoms in total. The number of ether oxygens (including phenoxy) is 1. The Morgan fingerprint density at radius 2 is 2.14 bits per heavy atom. The Hall–Kier alpha value is -2.80. The molecule has 6 N–H and O–H groups in total. The molecule has 0 amide bonds. The van der Waals surface area contributed by atoms with E-state index in [4.69, 9.17) is 21.9 Å². The van der Waals surface area contributed by atoms with Gasteiger partial charge in [0.2, 0.25) is 0 Å². The van der Waals surface area contributed by atoms with Crippen LogP contribution in [0.15, 0.2) is 48.5 Å². The molecule has 0 aliphatic rings. The average Bonchev–Trinajstić information content (AvgIpc) is 2.97. The van der Waals surface area contributed by atoms with Crippen LogP contribution in [0.2, 0.25) is 0 Å². The smallest absolute Gasteiger partial charge is 0.183 e. The largest absolute Gasteiger partial charge is 0.483 e. The molecule has 0 aliphatic heterocycles. The molecule has 0 bridgehead atoms. The molecule has 0 aromatic carbocycles. The third kappa shape index (κ3) is 3.40. The molecule has 0 radical (unpaired) electrons. The van der Waals surface area contributed by atoms with Gasteiger partial charge < -0.3 is 21.9 Å². The Bertz CT molecular complexity index is 659. The molecule has 0 fully saturated rings. The first-order chi connectivity index (χ1) is 10.2. The van der Waals surface area contributed by atoms with E-state index in [1.165, 1.54) is 7.11 Å². The number of nitrogens with zero attached hydrogens (tertiary/aromatic N) is 3. The van der Waals surface area contributed by atoms with Crippen molar-refractivity contribution in [3.8, 4) is 11.4 Å². The minimum absolute atomic E-state index is 0.253. The number of hydrogen-bond acceptors (Lipinski definition) is 6. The molecule has 0 saturated carbocycles. The summed E-state index contributed by atoms with van der Waals surface area (Å²) in [5.41, 5.74) is 19.5. The number of pyridine rings is 1. The van der Waals surface area contributed by atoms with Crippen LogP contribution in [0.3, 0.4) is 0 Å². The van der Waals surface area contributed by atoms with Crippen molar-refractivity contribution in [2.45, 2.75) is 6.54 Å². The van der Waals surface area contributed by atoms with Crippen LogP contribution in [0.1, 0.15) is 5.69 Å². The predicted molar refractivity (Wildman–Crippen MR) is 81.1 cm³/mol. The Kier molecular flexibility index (Phi) is 4.57. The number of nitrogens with two attached hydrogens (primary N) is 3. The van der Waals surface area contributed by atoms with Crippen molar-refractivity contribution in [1.82, 2.24) is 14.8 Å². The highest BCUT2D eigenvalue weighted by Crippen LogP contribution is 2.20. The van der Waals surface area contributed by atoms with Crippen LogP contribution >= 0.6 is 0 Å². The second kappa shape index (κ2) is 6.58. The summed E-state index contributed by atoms with van der Waals surface area (Å²) >= 11 is 0. The quantitative estimate of drug-likeness (QED) is 0.547. The Morgan fingerprint density at radius 3 is 2.76 bits per heavy atom. The van der Waals surface area contributed by atoms with Gasteiger partial charge in [0.1, 0.15) is 5.82 Å². The van der Waals surface area contributed by atoms with Crippen LogP contribution < -0.4 is 17.2 Å². The molecule has 0 saturated heterocycles. The van der Waals surface area contributed by atoms with Crippen LogP contribution in [-0.2, 0) is 11.3 Å². The Morgan fingerprint density at radius 1 is 1.33 bits per heavy atom. The van der Waals surface area contributed by atoms with Gasteiger partial charge in [-0.15, -0.1) is 0 Å². The predicted octanol–water partition coefficient (Wildman–Crippen LogP) is 0.607. The van der Waals surface area contributed by atoms with Gasteiger partial charge in [-0.2, -0.15) is 5.10 Å². The molecule has 2 aromatic heterocycles. The lowest BCUT2D eigenvalue weighted by Crippen LogP contribution is -2.11. The van der Waals surface area contributed by atoms with E-state index in [1.54, 1.807) is 23.0 Å². The van der Waals surface area contributed by atoms with Crippen molar-refractivity contribution in [2.75, 3.05) is 7.11 Å². The van der Waals surface area contributed by atoms with E-state index in [-0.39, 0.29) is 5.88 Å². The molecular formula is C14H18N6O. The second-order valence-corrected chi connectivity index (χ2v) is 4.22. The van der Waals surface area contributed by atoms with Crippen molar-refractivity contribution < 1.29 is 4.74 Å². The molecule has 2 heterocycles. The number of allylic oxidation sites excluding steroid dienone is 2. The van der Waals surface area contributed by atoms with E-state index >= 15 is 0 Å². The van der Waals surface area contributed by atoms with Gasteiger partial charge in [0.25, 0.3) is 0 Å². The van der Waals surface area contributed by atoms with E-state index in [1.807, 2.05) is 24.3 Å². The van der Waals surface area contributed by atoms with Crippen molar-refractivity contribution in [3.63, 3.8) is 0 Å². The van der Waals surface area contributed by atoms with Gasteiger partial charge in [-0.05, 0) is 24.3 Å². The first kappa shape index (κ1) is 14.6. The summed E-state index contributed by atoms with van der Waals surface area (Å²) in [6, 6.07) is 7.46. The minimum atomic E-state index is 0.253.